The summed E-state index contributed by atoms with van der Waals surface area (Å²) in [6, 6.07) is 18.9. The minimum Gasteiger partial charge on any atom is -0.330 e. The number of hydrogen-bond donors (Lipinski definition) is 1. The summed E-state index contributed by atoms with van der Waals surface area (Å²) in [6.07, 6.45) is 0. The lowest BCUT2D eigenvalue weighted by Gasteiger charge is -2.14. The van der Waals surface area contributed by atoms with Gasteiger partial charge in [-0.25, -0.2) is 0 Å². The lowest BCUT2D eigenvalue weighted by atomic mass is 10.0. The van der Waals surface area contributed by atoms with Crippen LogP contribution in [0.2, 0.25) is 0 Å². The summed E-state index contributed by atoms with van der Waals surface area (Å²) in [6.45, 7) is 2.86. The molecule has 1 nitrogen and oxygen atoms in total. The molecule has 2 aromatic rings. The predicted octanol–water partition coefficient (Wildman–Crippen LogP) is 3.90. The van der Waals surface area contributed by atoms with Gasteiger partial charge in [-0.2, -0.15) is 0 Å². The summed E-state index contributed by atoms with van der Waals surface area (Å²) in [7, 11) is 0. The molecule has 0 amide bonds. The van der Waals surface area contributed by atoms with Gasteiger partial charge in [0, 0.05) is 9.79 Å². The van der Waals surface area contributed by atoms with E-state index in [0.717, 1.165) is 0 Å². The standard InChI is InChI=1S/C15H17NS/c1-12(11-16)14-9-5-6-10-15(14)17-13-7-3-2-4-8-13/h2-10,12H,11,16H2,1H3. The summed E-state index contributed by atoms with van der Waals surface area (Å²) >= 11 is 1.80. The van der Waals surface area contributed by atoms with Crippen LogP contribution in [0.5, 0.6) is 0 Å². The van der Waals surface area contributed by atoms with E-state index in [4.69, 9.17) is 5.73 Å². The molecule has 0 aliphatic rings. The lowest BCUT2D eigenvalue weighted by Crippen LogP contribution is -2.09. The molecule has 2 N–H and O–H groups in total. The fraction of sp³-hybridized carbons (Fsp3) is 0.200. The topological polar surface area (TPSA) is 26.0 Å². The van der Waals surface area contributed by atoms with E-state index < -0.39 is 0 Å². The van der Waals surface area contributed by atoms with Crippen molar-refractivity contribution in [2.75, 3.05) is 6.54 Å². The van der Waals surface area contributed by atoms with Crippen LogP contribution in [0.1, 0.15) is 18.4 Å². The van der Waals surface area contributed by atoms with Gasteiger partial charge in [-0.05, 0) is 36.2 Å². The van der Waals surface area contributed by atoms with Gasteiger partial charge in [0.15, 0.2) is 0 Å². The third-order valence-electron chi connectivity index (χ3n) is 2.77. The molecule has 0 spiro atoms. The van der Waals surface area contributed by atoms with Gasteiger partial charge < -0.3 is 5.73 Å². The Morgan fingerprint density at radius 3 is 2.35 bits per heavy atom. The van der Waals surface area contributed by atoms with Crippen molar-refractivity contribution in [3.63, 3.8) is 0 Å². The highest BCUT2D eigenvalue weighted by atomic mass is 32.2. The number of benzene rings is 2. The van der Waals surface area contributed by atoms with E-state index in [0.29, 0.717) is 12.5 Å². The molecular formula is C15H17NS. The van der Waals surface area contributed by atoms with Gasteiger partial charge >= 0.3 is 0 Å². The second-order valence-electron chi connectivity index (χ2n) is 4.09. The van der Waals surface area contributed by atoms with E-state index in [9.17, 15) is 0 Å². The van der Waals surface area contributed by atoms with Crippen LogP contribution in [-0.2, 0) is 0 Å². The molecule has 17 heavy (non-hydrogen) atoms. The minimum atomic E-state index is 0.405. The Labute approximate surface area is 107 Å². The fourth-order valence-corrected chi connectivity index (χ4v) is 2.80. The second kappa shape index (κ2) is 5.89. The van der Waals surface area contributed by atoms with Crippen LogP contribution < -0.4 is 5.73 Å². The van der Waals surface area contributed by atoms with Crippen molar-refractivity contribution in [1.29, 1.82) is 0 Å². The van der Waals surface area contributed by atoms with Crippen LogP contribution >= 0.6 is 11.8 Å². The van der Waals surface area contributed by atoms with E-state index >= 15 is 0 Å². The summed E-state index contributed by atoms with van der Waals surface area (Å²) in [5, 5.41) is 0. The molecule has 2 rings (SSSR count). The molecule has 0 fully saturated rings. The fourth-order valence-electron chi connectivity index (χ4n) is 1.72. The minimum absolute atomic E-state index is 0.405. The van der Waals surface area contributed by atoms with Gasteiger partial charge in [0.05, 0.1) is 0 Å². The summed E-state index contributed by atoms with van der Waals surface area (Å²) in [4.78, 5) is 2.57. The Hall–Kier alpha value is -1.25. The lowest BCUT2D eigenvalue weighted by molar-refractivity contribution is 0.758. The molecule has 0 bridgehead atoms. The third-order valence-corrected chi connectivity index (χ3v) is 3.87. The van der Waals surface area contributed by atoms with Crippen LogP contribution in [0.4, 0.5) is 0 Å². The zero-order valence-electron chi connectivity index (χ0n) is 9.97. The first-order valence-corrected chi connectivity index (χ1v) is 6.65. The predicted molar refractivity (Wildman–Crippen MR) is 74.5 cm³/mol. The number of nitrogens with two attached hydrogens (primary N) is 1. The maximum atomic E-state index is 5.76. The zero-order valence-corrected chi connectivity index (χ0v) is 10.8. The maximum Gasteiger partial charge on any atom is 0.0157 e. The highest BCUT2D eigenvalue weighted by molar-refractivity contribution is 7.99. The average molecular weight is 243 g/mol. The molecule has 1 unspecified atom stereocenters. The molecule has 0 aliphatic heterocycles. The van der Waals surface area contributed by atoms with Crippen molar-refractivity contribution in [3.8, 4) is 0 Å². The molecule has 0 radical (unpaired) electrons. The Bertz CT molecular complexity index is 467. The van der Waals surface area contributed by atoms with Gasteiger partial charge in [-0.3, -0.25) is 0 Å². The van der Waals surface area contributed by atoms with Crippen molar-refractivity contribution in [1.82, 2.24) is 0 Å². The first kappa shape index (κ1) is 12.2. The van der Waals surface area contributed by atoms with E-state index in [1.807, 2.05) is 6.07 Å². The van der Waals surface area contributed by atoms with Gasteiger partial charge in [0.25, 0.3) is 0 Å². The van der Waals surface area contributed by atoms with Crippen LogP contribution in [0.25, 0.3) is 0 Å². The molecule has 2 aromatic carbocycles. The van der Waals surface area contributed by atoms with E-state index in [-0.39, 0.29) is 0 Å². The first-order valence-electron chi connectivity index (χ1n) is 5.83. The molecule has 88 valence electrons. The van der Waals surface area contributed by atoms with E-state index in [1.165, 1.54) is 15.4 Å². The van der Waals surface area contributed by atoms with Gasteiger partial charge in [0.1, 0.15) is 0 Å². The molecule has 2 heteroatoms. The molecule has 0 heterocycles. The molecule has 0 aromatic heterocycles. The first-order chi connectivity index (χ1) is 8.31. The summed E-state index contributed by atoms with van der Waals surface area (Å²) < 4.78 is 0. The van der Waals surface area contributed by atoms with Crippen molar-refractivity contribution in [2.45, 2.75) is 22.6 Å². The molecular weight excluding hydrogens is 226 g/mol. The van der Waals surface area contributed by atoms with Gasteiger partial charge in [-0.15, -0.1) is 0 Å². The smallest absolute Gasteiger partial charge is 0.0157 e. The monoisotopic (exact) mass is 243 g/mol. The van der Waals surface area contributed by atoms with E-state index in [1.54, 1.807) is 11.8 Å². The Morgan fingerprint density at radius 1 is 1.00 bits per heavy atom. The van der Waals surface area contributed by atoms with Crippen molar-refractivity contribution in [2.24, 2.45) is 5.73 Å². The Morgan fingerprint density at radius 2 is 1.65 bits per heavy atom. The zero-order chi connectivity index (χ0) is 12.1. The van der Waals surface area contributed by atoms with Crippen molar-refractivity contribution < 1.29 is 0 Å². The molecule has 0 aliphatic carbocycles. The SMILES string of the molecule is CC(CN)c1ccccc1Sc1ccccc1. The van der Waals surface area contributed by atoms with Gasteiger partial charge in [-0.1, -0.05) is 55.1 Å². The number of hydrogen-bond acceptors (Lipinski definition) is 2. The summed E-state index contributed by atoms with van der Waals surface area (Å²) in [5.74, 6) is 0.405. The van der Waals surface area contributed by atoms with E-state index in [2.05, 4.69) is 55.5 Å². The molecule has 0 saturated carbocycles. The van der Waals surface area contributed by atoms with Crippen LogP contribution in [-0.4, -0.2) is 6.54 Å². The maximum absolute atomic E-state index is 5.76. The average Bonchev–Trinajstić information content (AvgIpc) is 2.40. The van der Waals surface area contributed by atoms with Gasteiger partial charge in [0.2, 0.25) is 0 Å². The molecule has 0 saturated heterocycles. The third kappa shape index (κ3) is 3.11. The van der Waals surface area contributed by atoms with Crippen LogP contribution in [0.15, 0.2) is 64.4 Å². The quantitative estimate of drug-likeness (QED) is 0.881. The Kier molecular flexibility index (Phi) is 4.24. The van der Waals surface area contributed by atoms with Crippen molar-refractivity contribution in [3.05, 3.63) is 60.2 Å². The summed E-state index contributed by atoms with van der Waals surface area (Å²) in [5.41, 5.74) is 7.09. The van der Waals surface area contributed by atoms with Crippen molar-refractivity contribution >= 4 is 11.8 Å². The largest absolute Gasteiger partial charge is 0.330 e. The number of rotatable bonds is 4. The highest BCUT2D eigenvalue weighted by Gasteiger charge is 2.09. The van der Waals surface area contributed by atoms with Crippen LogP contribution in [0, 0.1) is 0 Å². The normalized spacial score (nSPS) is 12.4. The Balaban J connectivity index is 2.27. The highest BCUT2D eigenvalue weighted by Crippen LogP contribution is 2.33. The van der Waals surface area contributed by atoms with Crippen LogP contribution in [0.3, 0.4) is 0 Å². The molecule has 1 atom stereocenters. The second-order valence-corrected chi connectivity index (χ2v) is 5.21.